The maximum absolute atomic E-state index is 13.2. The molecular formula is C33H47N3O7S. The van der Waals surface area contributed by atoms with Gasteiger partial charge in [0.1, 0.15) is 5.75 Å². The van der Waals surface area contributed by atoms with Crippen LogP contribution in [0.15, 0.2) is 63.3 Å². The average Bonchev–Trinajstić information content (AvgIpc) is 2.95. The zero-order chi connectivity index (χ0) is 32.5. The van der Waals surface area contributed by atoms with Crippen molar-refractivity contribution >= 4 is 15.7 Å². The topological polar surface area (TPSA) is 141 Å². The molecule has 1 aromatic carbocycles. The second kappa shape index (κ2) is 15.6. The fraction of sp³-hybridized carbons (Fsp3) is 0.545. The van der Waals surface area contributed by atoms with Crippen LogP contribution in [0, 0.1) is 21.4 Å². The van der Waals surface area contributed by atoms with Crippen LogP contribution in [0.1, 0.15) is 78.0 Å². The molecule has 1 aromatic heterocycles. The van der Waals surface area contributed by atoms with Gasteiger partial charge in [-0.2, -0.15) is 0 Å². The normalized spacial score (nSPS) is 16.3. The highest BCUT2D eigenvalue weighted by atomic mass is 32.2. The Morgan fingerprint density at radius 3 is 2.52 bits per heavy atom. The maximum Gasteiger partial charge on any atom is 0.269 e. The Kier molecular flexibility index (Phi) is 12.5. The second-order valence-corrected chi connectivity index (χ2v) is 14.3. The number of nitrogens with one attached hydrogen (secondary N) is 1. The molecule has 0 saturated heterocycles. The maximum atomic E-state index is 13.2. The predicted molar refractivity (Wildman–Crippen MR) is 173 cm³/mol. The number of aliphatic hydroxyl groups excluding tert-OH is 1. The molecule has 0 bridgehead atoms. The number of sulfonamides is 1. The number of pyridine rings is 1. The van der Waals surface area contributed by atoms with E-state index in [1.807, 2.05) is 0 Å². The third-order valence-corrected chi connectivity index (χ3v) is 9.76. The quantitative estimate of drug-likeness (QED) is 0.105. The highest BCUT2D eigenvalue weighted by Gasteiger charge is 2.37. The van der Waals surface area contributed by atoms with Crippen molar-refractivity contribution in [3.63, 3.8) is 0 Å². The largest absolute Gasteiger partial charge is 0.493 e. The van der Waals surface area contributed by atoms with Crippen molar-refractivity contribution in [2.75, 3.05) is 19.8 Å². The Morgan fingerprint density at radius 1 is 1.18 bits per heavy atom. The number of non-ortho nitro benzene ring substituents is 1. The van der Waals surface area contributed by atoms with Crippen LogP contribution in [-0.2, 0) is 29.4 Å². The zero-order valence-electron chi connectivity index (χ0n) is 26.6. The van der Waals surface area contributed by atoms with Gasteiger partial charge in [0, 0.05) is 49.2 Å². The molecule has 0 aliphatic heterocycles. The van der Waals surface area contributed by atoms with Crippen LogP contribution < -0.4 is 15.0 Å². The van der Waals surface area contributed by atoms with Crippen LogP contribution in [-0.4, -0.2) is 42.8 Å². The first-order valence-corrected chi connectivity index (χ1v) is 16.8. The number of rotatable bonds is 16. The number of aromatic nitrogens is 1. The Hall–Kier alpha value is -3.28. The molecule has 3 rings (SSSR count). The molecule has 44 heavy (non-hydrogen) atoms. The van der Waals surface area contributed by atoms with Gasteiger partial charge in [-0.25, -0.2) is 13.1 Å². The molecule has 2 aromatic rings. The summed E-state index contributed by atoms with van der Waals surface area (Å²) < 4.78 is 35.6. The summed E-state index contributed by atoms with van der Waals surface area (Å²) in [5.41, 5.74) is 4.24. The van der Waals surface area contributed by atoms with E-state index in [0.29, 0.717) is 37.5 Å². The number of allylic oxidation sites excluding steroid dienone is 4. The van der Waals surface area contributed by atoms with Crippen LogP contribution in [0.25, 0.3) is 0 Å². The molecule has 1 aliphatic rings. The van der Waals surface area contributed by atoms with Gasteiger partial charge in [-0.3, -0.25) is 14.9 Å². The number of aliphatic hydroxyl groups is 1. The molecule has 242 valence electrons. The summed E-state index contributed by atoms with van der Waals surface area (Å²) in [5, 5.41) is 20.3. The summed E-state index contributed by atoms with van der Waals surface area (Å²) in [6.45, 7) is 11.6. The van der Waals surface area contributed by atoms with E-state index in [-0.39, 0.29) is 41.3 Å². The third-order valence-electron chi connectivity index (χ3n) is 8.28. The first-order chi connectivity index (χ1) is 20.7. The third kappa shape index (κ3) is 9.61. The van der Waals surface area contributed by atoms with Crippen LogP contribution in [0.3, 0.4) is 0 Å². The Balaban J connectivity index is 1.73. The van der Waals surface area contributed by atoms with Gasteiger partial charge in [0.15, 0.2) is 0 Å². The number of nitro benzene ring substituents is 1. The fourth-order valence-electron chi connectivity index (χ4n) is 5.56. The highest BCUT2D eigenvalue weighted by Crippen LogP contribution is 2.44. The number of fused-ring (bicyclic) bond motifs is 1. The zero-order valence-corrected chi connectivity index (χ0v) is 27.4. The number of hydrogen-bond donors (Lipinski definition) is 2. The van der Waals surface area contributed by atoms with E-state index in [9.17, 15) is 28.4 Å². The van der Waals surface area contributed by atoms with E-state index in [4.69, 9.17) is 4.74 Å². The first-order valence-electron chi connectivity index (χ1n) is 15.3. The lowest BCUT2D eigenvalue weighted by Gasteiger charge is -2.41. The van der Waals surface area contributed by atoms with Gasteiger partial charge in [-0.05, 0) is 89.2 Å². The molecule has 0 fully saturated rings. The molecule has 11 heteroatoms. The summed E-state index contributed by atoms with van der Waals surface area (Å²) in [6, 6.07) is 6.23. The average molecular weight is 630 g/mol. The predicted octanol–water partition coefficient (Wildman–Crippen LogP) is 5.71. The molecule has 10 nitrogen and oxygen atoms in total. The Labute approximate surface area is 261 Å². The van der Waals surface area contributed by atoms with Crippen molar-refractivity contribution in [2.24, 2.45) is 11.3 Å². The number of nitrogens with zero attached hydrogens (tertiary/aromatic N) is 2. The summed E-state index contributed by atoms with van der Waals surface area (Å²) in [5.74, 6) is 0.876. The van der Waals surface area contributed by atoms with E-state index < -0.39 is 14.9 Å². The summed E-state index contributed by atoms with van der Waals surface area (Å²) in [6.07, 6.45) is 9.89. The molecule has 1 atom stereocenters. The lowest BCUT2D eigenvalue weighted by Crippen LogP contribution is -2.38. The molecule has 0 radical (unpaired) electrons. The van der Waals surface area contributed by atoms with Gasteiger partial charge in [-0.1, -0.05) is 37.1 Å². The molecule has 1 aliphatic carbocycles. The van der Waals surface area contributed by atoms with Crippen LogP contribution in [0.5, 0.6) is 5.75 Å². The monoisotopic (exact) mass is 629 g/mol. The van der Waals surface area contributed by atoms with Crippen LogP contribution in [0.4, 0.5) is 5.69 Å². The summed E-state index contributed by atoms with van der Waals surface area (Å²) in [4.78, 5) is 23.4. The van der Waals surface area contributed by atoms with Crippen molar-refractivity contribution in [1.29, 1.82) is 0 Å². The Bertz CT molecular complexity index is 1520. The molecular weight excluding hydrogens is 582 g/mol. The van der Waals surface area contributed by atoms with Gasteiger partial charge in [0.05, 0.1) is 16.4 Å². The number of ether oxygens (including phenoxy) is 1. The standard InChI is InChI=1S/C33H47N3O7S/c1-24(2)9-6-10-25(3)11-12-26-21-29-30(23-33(26,4)5)35(18-8-19-37)32(38)22-31(29)43-20-7-17-34-44(41,42)28-15-13-27(14-16-28)36(39)40/h9,11,13-16,22,26,34,37H,6-8,10,12,17-21,23H2,1-5H3/b25-11+. The minimum absolute atomic E-state index is 0.00190. The summed E-state index contributed by atoms with van der Waals surface area (Å²) in [7, 11) is -3.84. The Morgan fingerprint density at radius 2 is 1.89 bits per heavy atom. The minimum Gasteiger partial charge on any atom is -0.493 e. The first kappa shape index (κ1) is 35.2. The number of benzene rings is 1. The van der Waals surface area contributed by atoms with Gasteiger partial charge in [-0.15, -0.1) is 0 Å². The van der Waals surface area contributed by atoms with Crippen molar-refractivity contribution in [1.82, 2.24) is 9.29 Å². The van der Waals surface area contributed by atoms with Crippen molar-refractivity contribution < 1.29 is 23.2 Å². The molecule has 0 saturated carbocycles. The van der Waals surface area contributed by atoms with Crippen molar-refractivity contribution in [3.05, 3.63) is 85.4 Å². The van der Waals surface area contributed by atoms with Gasteiger partial charge >= 0.3 is 0 Å². The van der Waals surface area contributed by atoms with Crippen molar-refractivity contribution in [2.45, 2.75) is 91.0 Å². The number of nitro groups is 1. The van der Waals surface area contributed by atoms with Gasteiger partial charge < -0.3 is 14.4 Å². The fourth-order valence-corrected chi connectivity index (χ4v) is 6.64. The van der Waals surface area contributed by atoms with Gasteiger partial charge in [0.25, 0.3) is 11.2 Å². The van der Waals surface area contributed by atoms with Crippen molar-refractivity contribution in [3.8, 4) is 5.75 Å². The van der Waals surface area contributed by atoms with Crippen LogP contribution in [0.2, 0.25) is 0 Å². The van der Waals surface area contributed by atoms with E-state index >= 15 is 0 Å². The van der Waals surface area contributed by atoms with E-state index in [1.54, 1.807) is 4.57 Å². The molecule has 0 amide bonds. The van der Waals surface area contributed by atoms with E-state index in [0.717, 1.165) is 49.1 Å². The number of hydrogen-bond acceptors (Lipinski definition) is 7. The lowest BCUT2D eigenvalue weighted by molar-refractivity contribution is -0.384. The molecule has 0 spiro atoms. The van der Waals surface area contributed by atoms with E-state index in [2.05, 4.69) is 51.5 Å². The van der Waals surface area contributed by atoms with Gasteiger partial charge in [0.2, 0.25) is 10.0 Å². The second-order valence-electron chi connectivity index (χ2n) is 12.5. The van der Waals surface area contributed by atoms with E-state index in [1.165, 1.54) is 29.3 Å². The minimum atomic E-state index is -3.84. The smallest absolute Gasteiger partial charge is 0.269 e. The molecule has 2 N–H and O–H groups in total. The molecule has 1 heterocycles. The molecule has 1 unspecified atom stereocenters. The lowest BCUT2D eigenvalue weighted by atomic mass is 9.66. The van der Waals surface area contributed by atoms with Crippen LogP contribution >= 0.6 is 0 Å². The summed E-state index contributed by atoms with van der Waals surface area (Å²) >= 11 is 0. The SMILES string of the molecule is CC(C)=CCC/C(C)=C/CC1Cc2c(OCCCNS(=O)(=O)c3ccc([N+](=O)[O-])cc3)cc(=O)n(CCCO)c2CC1(C)C. The highest BCUT2D eigenvalue weighted by molar-refractivity contribution is 7.89.